The maximum absolute atomic E-state index is 11.7. The van der Waals surface area contributed by atoms with Crippen LogP contribution in [0.5, 0.6) is 0 Å². The van der Waals surface area contributed by atoms with Crippen molar-refractivity contribution in [2.24, 2.45) is 11.8 Å². The summed E-state index contributed by atoms with van der Waals surface area (Å²) in [5, 5.41) is 9.64. The normalized spacial score (nSPS) is 31.2. The summed E-state index contributed by atoms with van der Waals surface area (Å²) in [6, 6.07) is 8.33. The lowest BCUT2D eigenvalue weighted by Crippen LogP contribution is -2.41. The van der Waals surface area contributed by atoms with E-state index < -0.39 is 5.97 Å². The predicted octanol–water partition coefficient (Wildman–Crippen LogP) is 3.24. The van der Waals surface area contributed by atoms with E-state index in [0.29, 0.717) is 11.8 Å². The van der Waals surface area contributed by atoms with Gasteiger partial charge in [0.25, 0.3) is 0 Å². The molecular weight excluding hydrogens is 250 g/mol. The van der Waals surface area contributed by atoms with Crippen molar-refractivity contribution in [2.45, 2.75) is 45.2 Å². The highest BCUT2D eigenvalue weighted by molar-refractivity contribution is 5.74. The number of fused-ring (bicyclic) bond motifs is 1. The van der Waals surface area contributed by atoms with Crippen molar-refractivity contribution in [3.63, 3.8) is 0 Å². The molecule has 108 valence electrons. The number of aliphatic carboxylic acids is 1. The summed E-state index contributed by atoms with van der Waals surface area (Å²) in [7, 11) is 0. The van der Waals surface area contributed by atoms with Gasteiger partial charge >= 0.3 is 5.97 Å². The number of carbonyl (C=O) groups is 1. The van der Waals surface area contributed by atoms with Crippen LogP contribution in [-0.2, 0) is 4.79 Å². The predicted molar refractivity (Wildman–Crippen MR) is 78.6 cm³/mol. The summed E-state index contributed by atoms with van der Waals surface area (Å²) < 4.78 is 0. The average Bonchev–Trinajstić information content (AvgIpc) is 2.96. The molecule has 1 aliphatic heterocycles. The Balaban J connectivity index is 1.87. The minimum atomic E-state index is -0.640. The number of benzene rings is 1. The van der Waals surface area contributed by atoms with Gasteiger partial charge in [-0.3, -0.25) is 9.69 Å². The Kier molecular flexibility index (Phi) is 3.55. The Bertz CT molecular complexity index is 513. The molecule has 2 aliphatic rings. The minimum absolute atomic E-state index is 0.182. The van der Waals surface area contributed by atoms with Crippen molar-refractivity contribution in [3.05, 3.63) is 35.4 Å². The summed E-state index contributed by atoms with van der Waals surface area (Å²) >= 11 is 0. The van der Waals surface area contributed by atoms with Crippen LogP contribution in [-0.4, -0.2) is 28.6 Å². The molecule has 1 N–H and O–H groups in total. The highest BCUT2D eigenvalue weighted by Crippen LogP contribution is 2.45. The second-order valence-electron chi connectivity index (χ2n) is 6.42. The molecular formula is C17H23NO2. The van der Waals surface area contributed by atoms with Crippen LogP contribution in [0.2, 0.25) is 0 Å². The fourth-order valence-corrected chi connectivity index (χ4v) is 4.18. The lowest BCUT2D eigenvalue weighted by Gasteiger charge is -2.30. The molecule has 2 fully saturated rings. The SMILES string of the molecule is Cc1cccc(C(C)N2CC3CCCC3C2C(=O)O)c1. The number of aryl methyl sites for hydroxylation is 1. The van der Waals surface area contributed by atoms with E-state index in [1.54, 1.807) is 0 Å². The molecule has 1 saturated carbocycles. The maximum atomic E-state index is 11.7. The molecule has 0 amide bonds. The molecule has 4 unspecified atom stereocenters. The van der Waals surface area contributed by atoms with Crippen molar-refractivity contribution >= 4 is 5.97 Å². The van der Waals surface area contributed by atoms with E-state index in [1.807, 2.05) is 0 Å². The molecule has 3 rings (SSSR count). The number of carboxylic acid groups (broad SMARTS) is 1. The van der Waals surface area contributed by atoms with Gasteiger partial charge in [0.1, 0.15) is 6.04 Å². The minimum Gasteiger partial charge on any atom is -0.480 e. The van der Waals surface area contributed by atoms with E-state index in [1.165, 1.54) is 24.0 Å². The van der Waals surface area contributed by atoms with Gasteiger partial charge in [0.05, 0.1) is 0 Å². The third-order valence-electron chi connectivity index (χ3n) is 5.20. The van der Waals surface area contributed by atoms with Crippen LogP contribution in [0.15, 0.2) is 24.3 Å². The van der Waals surface area contributed by atoms with E-state index in [0.717, 1.165) is 13.0 Å². The lowest BCUT2D eigenvalue weighted by atomic mass is 9.94. The summed E-state index contributed by atoms with van der Waals surface area (Å²) in [4.78, 5) is 13.9. The monoisotopic (exact) mass is 273 g/mol. The van der Waals surface area contributed by atoms with Gasteiger partial charge in [-0.2, -0.15) is 0 Å². The van der Waals surface area contributed by atoms with Crippen molar-refractivity contribution in [2.75, 3.05) is 6.54 Å². The van der Waals surface area contributed by atoms with Gasteiger partial charge in [-0.1, -0.05) is 36.2 Å². The van der Waals surface area contributed by atoms with Gasteiger partial charge in [-0.25, -0.2) is 0 Å². The summed E-state index contributed by atoms with van der Waals surface area (Å²) in [5.74, 6) is 0.307. The number of nitrogens with zero attached hydrogens (tertiary/aromatic N) is 1. The van der Waals surface area contributed by atoms with Crippen LogP contribution in [0.1, 0.15) is 43.4 Å². The van der Waals surface area contributed by atoms with Crippen molar-refractivity contribution in [3.8, 4) is 0 Å². The molecule has 20 heavy (non-hydrogen) atoms. The van der Waals surface area contributed by atoms with Gasteiger partial charge in [0.2, 0.25) is 0 Å². The molecule has 0 spiro atoms. The lowest BCUT2D eigenvalue weighted by molar-refractivity contribution is -0.144. The van der Waals surface area contributed by atoms with Crippen molar-refractivity contribution in [1.29, 1.82) is 0 Å². The maximum Gasteiger partial charge on any atom is 0.321 e. The Morgan fingerprint density at radius 2 is 2.20 bits per heavy atom. The smallest absolute Gasteiger partial charge is 0.321 e. The van der Waals surface area contributed by atoms with E-state index in [4.69, 9.17) is 0 Å². The van der Waals surface area contributed by atoms with E-state index >= 15 is 0 Å². The van der Waals surface area contributed by atoms with Crippen LogP contribution in [0, 0.1) is 18.8 Å². The first-order valence-electron chi connectivity index (χ1n) is 7.63. The number of rotatable bonds is 3. The van der Waals surface area contributed by atoms with E-state index in [2.05, 4.69) is 43.0 Å². The van der Waals surface area contributed by atoms with Crippen LogP contribution in [0.4, 0.5) is 0 Å². The first-order valence-corrected chi connectivity index (χ1v) is 7.63. The summed E-state index contributed by atoms with van der Waals surface area (Å²) in [6.45, 7) is 5.17. The third-order valence-corrected chi connectivity index (χ3v) is 5.20. The van der Waals surface area contributed by atoms with Gasteiger partial charge in [-0.15, -0.1) is 0 Å². The Hall–Kier alpha value is -1.35. The largest absolute Gasteiger partial charge is 0.480 e. The van der Waals surface area contributed by atoms with E-state index in [-0.39, 0.29) is 12.1 Å². The molecule has 3 nitrogen and oxygen atoms in total. The number of likely N-dealkylation sites (tertiary alicyclic amines) is 1. The first-order chi connectivity index (χ1) is 9.58. The molecule has 0 aromatic heterocycles. The first kappa shape index (κ1) is 13.6. The zero-order valence-electron chi connectivity index (χ0n) is 12.2. The topological polar surface area (TPSA) is 40.5 Å². The molecule has 1 saturated heterocycles. The van der Waals surface area contributed by atoms with Crippen LogP contribution < -0.4 is 0 Å². The average molecular weight is 273 g/mol. The summed E-state index contributed by atoms with van der Waals surface area (Å²) in [6.07, 6.45) is 3.48. The van der Waals surface area contributed by atoms with Gasteiger partial charge < -0.3 is 5.11 Å². The highest BCUT2D eigenvalue weighted by Gasteiger charge is 2.49. The van der Waals surface area contributed by atoms with Crippen LogP contribution in [0.25, 0.3) is 0 Å². The molecule has 1 aromatic rings. The standard InChI is InChI=1S/C17H23NO2/c1-11-5-3-6-13(9-11)12(2)18-10-14-7-4-8-15(14)16(18)17(19)20/h3,5-6,9,12,14-16H,4,7-8,10H2,1-2H3,(H,19,20). The zero-order valence-corrected chi connectivity index (χ0v) is 12.2. The van der Waals surface area contributed by atoms with Gasteiger partial charge in [-0.05, 0) is 44.1 Å². The number of hydrogen-bond acceptors (Lipinski definition) is 2. The fourth-order valence-electron chi connectivity index (χ4n) is 4.18. The number of carboxylic acids is 1. The molecule has 1 aromatic carbocycles. The molecule has 0 radical (unpaired) electrons. The Morgan fingerprint density at radius 3 is 2.90 bits per heavy atom. The molecule has 1 aliphatic carbocycles. The fraction of sp³-hybridized carbons (Fsp3) is 0.588. The second-order valence-corrected chi connectivity index (χ2v) is 6.42. The molecule has 0 bridgehead atoms. The van der Waals surface area contributed by atoms with Crippen LogP contribution in [0.3, 0.4) is 0 Å². The molecule has 1 heterocycles. The van der Waals surface area contributed by atoms with Crippen molar-refractivity contribution < 1.29 is 9.90 Å². The Labute approximate surface area is 120 Å². The second kappa shape index (κ2) is 5.21. The van der Waals surface area contributed by atoms with Crippen molar-refractivity contribution in [1.82, 2.24) is 4.90 Å². The quantitative estimate of drug-likeness (QED) is 0.919. The van der Waals surface area contributed by atoms with E-state index in [9.17, 15) is 9.90 Å². The number of hydrogen-bond donors (Lipinski definition) is 1. The highest BCUT2D eigenvalue weighted by atomic mass is 16.4. The molecule has 4 atom stereocenters. The Morgan fingerprint density at radius 1 is 1.40 bits per heavy atom. The molecule has 3 heteroatoms. The third kappa shape index (κ3) is 2.24. The van der Waals surface area contributed by atoms with Crippen LogP contribution >= 0.6 is 0 Å². The van der Waals surface area contributed by atoms with Gasteiger partial charge in [0, 0.05) is 12.6 Å². The summed E-state index contributed by atoms with van der Waals surface area (Å²) in [5.41, 5.74) is 2.47. The zero-order chi connectivity index (χ0) is 14.3. The van der Waals surface area contributed by atoms with Gasteiger partial charge in [0.15, 0.2) is 0 Å².